The summed E-state index contributed by atoms with van der Waals surface area (Å²) in [6.45, 7) is 1.91. The zero-order chi connectivity index (χ0) is 30.8. The van der Waals surface area contributed by atoms with Gasteiger partial charge >= 0.3 is 0 Å². The van der Waals surface area contributed by atoms with Crippen LogP contribution >= 0.6 is 11.6 Å². The molecule has 4 rings (SSSR count). The minimum atomic E-state index is -3.58. The molecule has 0 aliphatic carbocycles. The standard InChI is InChI=1S/C32H31ClN4O5S/c1-23(26-6-4-3-5-7-26)35-31(38)22-42-30-18-10-24(11-19-30)20-34-36-32(39)27-12-16-29(17-13-27)37(43(2,40)41)21-25-8-14-28(33)15-9-25/h3-20,23H,21-22H2,1-2H3,(H,35,38)(H,36,39)/b34-20-/t23-/m0/s1. The minimum Gasteiger partial charge on any atom is -0.484 e. The maximum atomic E-state index is 12.6. The van der Waals surface area contributed by atoms with Crippen molar-refractivity contribution in [2.24, 2.45) is 5.10 Å². The van der Waals surface area contributed by atoms with Crippen molar-refractivity contribution in [3.63, 3.8) is 0 Å². The second-order valence-electron chi connectivity index (χ2n) is 9.70. The number of carbonyl (C=O) groups excluding carboxylic acids is 2. The van der Waals surface area contributed by atoms with E-state index in [1.807, 2.05) is 37.3 Å². The molecule has 2 N–H and O–H groups in total. The second-order valence-corrected chi connectivity index (χ2v) is 12.0. The summed E-state index contributed by atoms with van der Waals surface area (Å²) in [6.07, 6.45) is 2.60. The smallest absolute Gasteiger partial charge is 0.271 e. The molecule has 0 heterocycles. The largest absolute Gasteiger partial charge is 0.484 e. The van der Waals surface area contributed by atoms with Crippen LogP contribution in [0, 0.1) is 0 Å². The van der Waals surface area contributed by atoms with Crippen molar-refractivity contribution in [2.45, 2.75) is 19.5 Å². The number of halogens is 1. The molecule has 1 atom stereocenters. The Bertz CT molecular complexity index is 1660. The number of nitrogens with zero attached hydrogens (tertiary/aromatic N) is 2. The van der Waals surface area contributed by atoms with Crippen LogP contribution in [0.15, 0.2) is 108 Å². The van der Waals surface area contributed by atoms with E-state index in [-0.39, 0.29) is 25.1 Å². The van der Waals surface area contributed by atoms with Gasteiger partial charge in [0.2, 0.25) is 10.0 Å². The molecule has 9 nitrogen and oxygen atoms in total. The molecule has 4 aromatic carbocycles. The highest BCUT2D eigenvalue weighted by atomic mass is 35.5. The van der Waals surface area contributed by atoms with Gasteiger partial charge in [-0.1, -0.05) is 54.1 Å². The van der Waals surface area contributed by atoms with Gasteiger partial charge in [-0.2, -0.15) is 5.10 Å². The first kappa shape index (κ1) is 31.3. The van der Waals surface area contributed by atoms with Crippen LogP contribution in [-0.4, -0.2) is 39.3 Å². The molecule has 11 heteroatoms. The monoisotopic (exact) mass is 618 g/mol. The molecule has 222 valence electrons. The number of ether oxygens (including phenoxy) is 1. The average Bonchev–Trinajstić information content (AvgIpc) is 3.00. The lowest BCUT2D eigenvalue weighted by Crippen LogP contribution is -2.31. The van der Waals surface area contributed by atoms with Gasteiger partial charge in [0.15, 0.2) is 6.61 Å². The Morgan fingerprint density at radius 1 is 0.930 bits per heavy atom. The number of hydrogen-bond donors (Lipinski definition) is 2. The first-order valence-corrected chi connectivity index (χ1v) is 15.5. The lowest BCUT2D eigenvalue weighted by atomic mass is 10.1. The summed E-state index contributed by atoms with van der Waals surface area (Å²) in [7, 11) is -3.58. The molecule has 2 amide bonds. The summed E-state index contributed by atoms with van der Waals surface area (Å²) >= 11 is 5.93. The van der Waals surface area contributed by atoms with Crippen molar-refractivity contribution in [3.8, 4) is 5.75 Å². The molecule has 43 heavy (non-hydrogen) atoms. The van der Waals surface area contributed by atoms with Gasteiger partial charge in [0.1, 0.15) is 5.75 Å². The van der Waals surface area contributed by atoms with Crippen LogP contribution in [0.3, 0.4) is 0 Å². The molecular weight excluding hydrogens is 588 g/mol. The number of hydrogen-bond acceptors (Lipinski definition) is 6. The molecule has 0 aliphatic rings. The van der Waals surface area contributed by atoms with E-state index < -0.39 is 15.9 Å². The Kier molecular flexibility index (Phi) is 10.5. The molecule has 0 fully saturated rings. The van der Waals surface area contributed by atoms with E-state index in [0.29, 0.717) is 27.6 Å². The highest BCUT2D eigenvalue weighted by Gasteiger charge is 2.18. The topological polar surface area (TPSA) is 117 Å². The van der Waals surface area contributed by atoms with Crippen molar-refractivity contribution >= 4 is 45.3 Å². The maximum absolute atomic E-state index is 12.6. The van der Waals surface area contributed by atoms with Gasteiger partial charge < -0.3 is 10.1 Å². The minimum absolute atomic E-state index is 0.121. The SMILES string of the molecule is C[C@H](NC(=O)COc1ccc(/C=N\NC(=O)c2ccc(N(Cc3ccc(Cl)cc3)S(C)(=O)=O)cc2)cc1)c1ccccc1. The van der Waals surface area contributed by atoms with Crippen LogP contribution in [0.4, 0.5) is 5.69 Å². The molecule has 0 saturated heterocycles. The van der Waals surface area contributed by atoms with Crippen molar-refractivity contribution in [1.29, 1.82) is 0 Å². The van der Waals surface area contributed by atoms with E-state index in [4.69, 9.17) is 16.3 Å². The molecule has 0 radical (unpaired) electrons. The maximum Gasteiger partial charge on any atom is 0.271 e. The van der Waals surface area contributed by atoms with Gasteiger partial charge in [0, 0.05) is 10.6 Å². The van der Waals surface area contributed by atoms with Gasteiger partial charge in [-0.15, -0.1) is 0 Å². The lowest BCUT2D eigenvalue weighted by Gasteiger charge is -2.22. The molecule has 4 aromatic rings. The van der Waals surface area contributed by atoms with E-state index in [9.17, 15) is 18.0 Å². The summed E-state index contributed by atoms with van der Waals surface area (Å²) in [5, 5.41) is 7.45. The van der Waals surface area contributed by atoms with Crippen molar-refractivity contribution in [2.75, 3.05) is 17.2 Å². The quantitative estimate of drug-likeness (QED) is 0.164. The van der Waals surface area contributed by atoms with Crippen LogP contribution in [0.25, 0.3) is 0 Å². The van der Waals surface area contributed by atoms with Crippen LogP contribution < -0.4 is 19.8 Å². The predicted molar refractivity (Wildman–Crippen MR) is 169 cm³/mol. The van der Waals surface area contributed by atoms with Crippen LogP contribution in [-0.2, 0) is 21.4 Å². The molecule has 0 bridgehead atoms. The predicted octanol–water partition coefficient (Wildman–Crippen LogP) is 5.33. The summed E-state index contributed by atoms with van der Waals surface area (Å²) in [5.74, 6) is -0.173. The van der Waals surface area contributed by atoms with Gasteiger partial charge in [-0.3, -0.25) is 13.9 Å². The number of carbonyl (C=O) groups is 2. The molecule has 0 aliphatic heterocycles. The third-order valence-electron chi connectivity index (χ3n) is 6.36. The Labute approximate surface area is 256 Å². The van der Waals surface area contributed by atoms with Crippen molar-refractivity contribution in [3.05, 3.63) is 130 Å². The number of hydrazone groups is 1. The zero-order valence-electron chi connectivity index (χ0n) is 23.6. The third kappa shape index (κ3) is 9.42. The number of benzene rings is 4. The van der Waals surface area contributed by atoms with Gasteiger partial charge in [-0.05, 0) is 84.3 Å². The van der Waals surface area contributed by atoms with E-state index in [1.54, 1.807) is 60.7 Å². The number of sulfonamides is 1. The van der Waals surface area contributed by atoms with Crippen LogP contribution in [0.2, 0.25) is 5.02 Å². The molecular formula is C32H31ClN4O5S. The Balaban J connectivity index is 1.27. The summed E-state index contributed by atoms with van der Waals surface area (Å²) in [6, 6.07) is 29.5. The number of rotatable bonds is 12. The lowest BCUT2D eigenvalue weighted by molar-refractivity contribution is -0.123. The van der Waals surface area contributed by atoms with E-state index in [1.165, 1.54) is 22.7 Å². The van der Waals surface area contributed by atoms with Gasteiger partial charge in [-0.25, -0.2) is 13.8 Å². The number of amides is 2. The second kappa shape index (κ2) is 14.5. The van der Waals surface area contributed by atoms with Gasteiger partial charge in [0.25, 0.3) is 11.8 Å². The van der Waals surface area contributed by atoms with Crippen LogP contribution in [0.5, 0.6) is 5.75 Å². The first-order chi connectivity index (χ1) is 20.6. The van der Waals surface area contributed by atoms with E-state index in [0.717, 1.165) is 17.4 Å². The Hall–Kier alpha value is -4.67. The van der Waals surface area contributed by atoms with Crippen molar-refractivity contribution < 1.29 is 22.7 Å². The zero-order valence-corrected chi connectivity index (χ0v) is 25.2. The van der Waals surface area contributed by atoms with E-state index >= 15 is 0 Å². The Morgan fingerprint density at radius 2 is 1.58 bits per heavy atom. The van der Waals surface area contributed by atoms with Crippen molar-refractivity contribution in [1.82, 2.24) is 10.7 Å². The highest BCUT2D eigenvalue weighted by molar-refractivity contribution is 7.92. The fraction of sp³-hybridized carbons (Fsp3) is 0.156. The molecule has 0 saturated carbocycles. The third-order valence-corrected chi connectivity index (χ3v) is 7.76. The molecule has 0 spiro atoms. The number of anilines is 1. The highest BCUT2D eigenvalue weighted by Crippen LogP contribution is 2.22. The molecule has 0 aromatic heterocycles. The summed E-state index contributed by atoms with van der Waals surface area (Å²) < 4.78 is 31.7. The van der Waals surface area contributed by atoms with E-state index in [2.05, 4.69) is 15.8 Å². The average molecular weight is 619 g/mol. The fourth-order valence-electron chi connectivity index (χ4n) is 4.07. The summed E-state index contributed by atoms with van der Waals surface area (Å²) in [4.78, 5) is 24.8. The van der Waals surface area contributed by atoms with Crippen LogP contribution in [0.1, 0.15) is 40.0 Å². The summed E-state index contributed by atoms with van der Waals surface area (Å²) in [5.41, 5.74) is 5.67. The van der Waals surface area contributed by atoms with Gasteiger partial charge in [0.05, 0.1) is 30.7 Å². The normalized spacial score (nSPS) is 12.0. The Morgan fingerprint density at radius 3 is 2.21 bits per heavy atom. The fourth-order valence-corrected chi connectivity index (χ4v) is 5.09. The first-order valence-electron chi connectivity index (χ1n) is 13.3. The molecule has 0 unspecified atom stereocenters. The number of nitrogens with one attached hydrogen (secondary N) is 2.